The molecule has 1 heterocycles. The van der Waals surface area contributed by atoms with E-state index in [0.717, 1.165) is 30.7 Å². The van der Waals surface area contributed by atoms with Gasteiger partial charge in [0, 0.05) is 18.6 Å². The lowest BCUT2D eigenvalue weighted by atomic mass is 9.53. The molecule has 1 atom stereocenters. The molecule has 0 aromatic heterocycles. The summed E-state index contributed by atoms with van der Waals surface area (Å²) in [5.41, 5.74) is 0.267. The van der Waals surface area contributed by atoms with Crippen LogP contribution >= 0.6 is 0 Å². The Morgan fingerprint density at radius 3 is 2.25 bits per heavy atom. The number of likely N-dealkylation sites (tertiary alicyclic amines) is 1. The molecule has 0 aromatic carbocycles. The maximum absolute atomic E-state index is 12.2. The van der Waals surface area contributed by atoms with Crippen LogP contribution < -0.4 is 5.32 Å². The largest absolute Gasteiger partial charge is 0.391 e. The summed E-state index contributed by atoms with van der Waals surface area (Å²) >= 11 is 0. The Balaban J connectivity index is 1.36. The summed E-state index contributed by atoms with van der Waals surface area (Å²) in [7, 11) is 0. The summed E-state index contributed by atoms with van der Waals surface area (Å²) in [6.45, 7) is 1.73. The molecule has 1 saturated heterocycles. The van der Waals surface area contributed by atoms with Gasteiger partial charge < -0.3 is 15.3 Å². The molecule has 0 aromatic rings. The Hall–Kier alpha value is -0.610. The molecule has 4 saturated carbocycles. The minimum Gasteiger partial charge on any atom is -0.391 e. The van der Waals surface area contributed by atoms with Crippen molar-refractivity contribution in [3.05, 3.63) is 0 Å². The fourth-order valence-electron chi connectivity index (χ4n) is 5.67. The van der Waals surface area contributed by atoms with Gasteiger partial charge in [-0.2, -0.15) is 0 Å². The normalized spacial score (nSPS) is 46.1. The number of carbonyl (C=O) groups is 1. The van der Waals surface area contributed by atoms with Gasteiger partial charge in [-0.15, -0.1) is 0 Å². The van der Waals surface area contributed by atoms with Crippen LogP contribution in [0.15, 0.2) is 0 Å². The van der Waals surface area contributed by atoms with E-state index in [1.807, 2.05) is 4.90 Å². The third-order valence-corrected chi connectivity index (χ3v) is 6.17. The zero-order chi connectivity index (χ0) is 13.7. The van der Waals surface area contributed by atoms with Crippen LogP contribution in [0.2, 0.25) is 0 Å². The van der Waals surface area contributed by atoms with Gasteiger partial charge in [0.25, 0.3) is 0 Å². The van der Waals surface area contributed by atoms with E-state index in [-0.39, 0.29) is 17.6 Å². The van der Waals surface area contributed by atoms with Crippen molar-refractivity contribution in [2.45, 2.75) is 56.6 Å². The van der Waals surface area contributed by atoms with E-state index in [4.69, 9.17) is 0 Å². The first-order chi connectivity index (χ1) is 9.62. The van der Waals surface area contributed by atoms with Crippen molar-refractivity contribution in [3.63, 3.8) is 0 Å². The Labute approximate surface area is 120 Å². The highest BCUT2D eigenvalue weighted by Gasteiger charge is 2.50. The second-order valence-electron chi connectivity index (χ2n) is 7.83. The third-order valence-electron chi connectivity index (χ3n) is 6.17. The van der Waals surface area contributed by atoms with Crippen molar-refractivity contribution < 1.29 is 9.90 Å². The molecule has 1 unspecified atom stereocenters. The van der Waals surface area contributed by atoms with E-state index in [0.29, 0.717) is 13.1 Å². The first-order valence-corrected chi connectivity index (χ1v) is 8.33. The molecule has 4 nitrogen and oxygen atoms in total. The predicted molar refractivity (Wildman–Crippen MR) is 76.1 cm³/mol. The SMILES string of the molecule is O=C(CNC12CC3CC(CC(C3)C1)C2)N1CCC(O)C1. The predicted octanol–water partition coefficient (Wildman–Crippen LogP) is 1.14. The first-order valence-electron chi connectivity index (χ1n) is 8.33. The summed E-state index contributed by atoms with van der Waals surface area (Å²) in [5, 5.41) is 13.2. The van der Waals surface area contributed by atoms with Gasteiger partial charge in [0.1, 0.15) is 0 Å². The van der Waals surface area contributed by atoms with Gasteiger partial charge >= 0.3 is 0 Å². The van der Waals surface area contributed by atoms with Gasteiger partial charge in [0.05, 0.1) is 12.6 Å². The summed E-state index contributed by atoms with van der Waals surface area (Å²) in [5.74, 6) is 2.92. The van der Waals surface area contributed by atoms with Crippen LogP contribution in [0.4, 0.5) is 0 Å². The standard InChI is InChI=1S/C16H26N2O2/c19-14-1-2-18(10-14)15(20)9-17-16-6-11-3-12(7-16)5-13(4-11)8-16/h11-14,17,19H,1-10H2. The maximum atomic E-state index is 12.2. The summed E-state index contributed by atoms with van der Waals surface area (Å²) in [6, 6.07) is 0. The van der Waals surface area contributed by atoms with Crippen molar-refractivity contribution in [2.24, 2.45) is 17.8 Å². The number of nitrogens with one attached hydrogen (secondary N) is 1. The average Bonchev–Trinajstić information content (AvgIpc) is 2.81. The van der Waals surface area contributed by atoms with E-state index >= 15 is 0 Å². The molecule has 0 spiro atoms. The monoisotopic (exact) mass is 278 g/mol. The lowest BCUT2D eigenvalue weighted by Crippen LogP contribution is -2.60. The molecule has 0 radical (unpaired) electrons. The summed E-state index contributed by atoms with van der Waals surface area (Å²) in [6.07, 6.45) is 8.61. The molecule has 4 heteroatoms. The van der Waals surface area contributed by atoms with Crippen LogP contribution in [-0.4, -0.2) is 47.2 Å². The number of rotatable bonds is 3. The Morgan fingerprint density at radius 2 is 1.75 bits per heavy atom. The lowest BCUT2D eigenvalue weighted by Gasteiger charge is -2.57. The highest BCUT2D eigenvalue weighted by molar-refractivity contribution is 5.78. The summed E-state index contributed by atoms with van der Waals surface area (Å²) in [4.78, 5) is 14.1. The van der Waals surface area contributed by atoms with Crippen molar-refractivity contribution >= 4 is 5.91 Å². The van der Waals surface area contributed by atoms with Crippen LogP contribution in [0.25, 0.3) is 0 Å². The molecule has 5 fully saturated rings. The number of hydrogen-bond acceptors (Lipinski definition) is 3. The Bertz CT molecular complexity index is 374. The van der Waals surface area contributed by atoms with Crippen molar-refractivity contribution in [1.29, 1.82) is 0 Å². The van der Waals surface area contributed by atoms with Crippen LogP contribution in [0.3, 0.4) is 0 Å². The number of amides is 1. The Kier molecular flexibility index (Phi) is 3.08. The number of aliphatic hydroxyl groups is 1. The van der Waals surface area contributed by atoms with Gasteiger partial charge in [-0.1, -0.05) is 0 Å². The van der Waals surface area contributed by atoms with Crippen molar-refractivity contribution in [3.8, 4) is 0 Å². The smallest absolute Gasteiger partial charge is 0.236 e. The van der Waals surface area contributed by atoms with Crippen molar-refractivity contribution in [1.82, 2.24) is 10.2 Å². The van der Waals surface area contributed by atoms with Crippen LogP contribution in [0.1, 0.15) is 44.9 Å². The fraction of sp³-hybridized carbons (Fsp3) is 0.938. The number of β-amino-alcohol motifs (C(OH)–C–C–N with tert-alkyl or cyclic N) is 1. The highest BCUT2D eigenvalue weighted by atomic mass is 16.3. The molecule has 4 aliphatic carbocycles. The molecular formula is C16H26N2O2. The van der Waals surface area contributed by atoms with Crippen LogP contribution in [0.5, 0.6) is 0 Å². The molecule has 112 valence electrons. The van der Waals surface area contributed by atoms with Crippen molar-refractivity contribution in [2.75, 3.05) is 19.6 Å². The van der Waals surface area contributed by atoms with Gasteiger partial charge in [-0.3, -0.25) is 4.79 Å². The van der Waals surface area contributed by atoms with Crippen LogP contribution in [-0.2, 0) is 4.79 Å². The van der Waals surface area contributed by atoms with E-state index < -0.39 is 0 Å². The number of aliphatic hydroxyl groups excluding tert-OH is 1. The quantitative estimate of drug-likeness (QED) is 0.814. The molecule has 4 bridgehead atoms. The molecule has 5 rings (SSSR count). The zero-order valence-electron chi connectivity index (χ0n) is 12.2. The highest BCUT2D eigenvalue weighted by Crippen LogP contribution is 2.55. The topological polar surface area (TPSA) is 52.6 Å². The van der Waals surface area contributed by atoms with E-state index in [9.17, 15) is 9.90 Å². The van der Waals surface area contributed by atoms with E-state index in [2.05, 4.69) is 5.32 Å². The van der Waals surface area contributed by atoms with Crippen LogP contribution in [0, 0.1) is 17.8 Å². The molecule has 2 N–H and O–H groups in total. The third kappa shape index (κ3) is 2.27. The molecular weight excluding hydrogens is 252 g/mol. The molecule has 5 aliphatic rings. The molecule has 1 aliphatic heterocycles. The second kappa shape index (κ2) is 4.70. The van der Waals surface area contributed by atoms with Gasteiger partial charge in [-0.05, 0) is 62.7 Å². The van der Waals surface area contributed by atoms with E-state index in [1.54, 1.807) is 0 Å². The van der Waals surface area contributed by atoms with Gasteiger partial charge in [0.2, 0.25) is 5.91 Å². The minimum absolute atomic E-state index is 0.178. The van der Waals surface area contributed by atoms with Gasteiger partial charge in [0.15, 0.2) is 0 Å². The first kappa shape index (κ1) is 13.1. The number of carbonyl (C=O) groups excluding carboxylic acids is 1. The average molecular weight is 278 g/mol. The number of hydrogen-bond donors (Lipinski definition) is 2. The maximum Gasteiger partial charge on any atom is 0.236 e. The second-order valence-corrected chi connectivity index (χ2v) is 7.83. The zero-order valence-corrected chi connectivity index (χ0v) is 12.2. The van der Waals surface area contributed by atoms with E-state index in [1.165, 1.54) is 38.5 Å². The minimum atomic E-state index is -0.307. The fourth-order valence-corrected chi connectivity index (χ4v) is 5.67. The molecule has 1 amide bonds. The molecule has 20 heavy (non-hydrogen) atoms. The lowest BCUT2D eigenvalue weighted by molar-refractivity contribution is -0.130. The van der Waals surface area contributed by atoms with Gasteiger partial charge in [-0.25, -0.2) is 0 Å². The summed E-state index contributed by atoms with van der Waals surface area (Å²) < 4.78 is 0. The number of nitrogens with zero attached hydrogens (tertiary/aromatic N) is 1. The Morgan fingerprint density at radius 1 is 1.15 bits per heavy atom.